The lowest BCUT2D eigenvalue weighted by atomic mass is 9.41. The van der Waals surface area contributed by atoms with E-state index in [-0.39, 0.29) is 5.41 Å². The Morgan fingerprint density at radius 1 is 0.862 bits per heavy atom. The van der Waals surface area contributed by atoms with Crippen LogP contribution in [-0.4, -0.2) is 37.9 Å². The van der Waals surface area contributed by atoms with Gasteiger partial charge in [-0.2, -0.15) is 0 Å². The van der Waals surface area contributed by atoms with Gasteiger partial charge in [-0.1, -0.05) is 20.8 Å². The van der Waals surface area contributed by atoms with Gasteiger partial charge in [-0.15, -0.1) is 0 Å². The Morgan fingerprint density at radius 3 is 2.21 bits per heavy atom. The lowest BCUT2D eigenvalue weighted by Gasteiger charge is -2.64. The summed E-state index contributed by atoms with van der Waals surface area (Å²) in [6, 6.07) is 1.11. The summed E-state index contributed by atoms with van der Waals surface area (Å²) in [5.41, 5.74) is 2.19. The number of hydrogen-bond acceptors (Lipinski definition) is 3. The zero-order chi connectivity index (χ0) is 20.9. The average Bonchev–Trinajstić information content (AvgIpc) is 3.30. The molecule has 3 N–H and O–H groups in total. The minimum Gasteiger partial charge on any atom is -0.396 e. The first-order valence-corrected chi connectivity index (χ1v) is 12.6. The summed E-state index contributed by atoms with van der Waals surface area (Å²) in [5, 5.41) is 17.7. The van der Waals surface area contributed by atoms with Gasteiger partial charge in [0.15, 0.2) is 0 Å². The van der Waals surface area contributed by atoms with Gasteiger partial charge in [0.05, 0.1) is 6.61 Å². The predicted octanol–water partition coefficient (Wildman–Crippen LogP) is 4.59. The molecule has 5 rings (SSSR count). The van der Waals surface area contributed by atoms with Crippen LogP contribution in [0.4, 0.5) is 0 Å². The SMILES string of the molecule is CN[C@@H](C)[C@H]1CC[C@@]2(C)[C@@H]3CC[C@H]4[C@@](C)(CO)[C@@H](NC)CC[C@]45C[C@]35CC[C@]12C. The van der Waals surface area contributed by atoms with E-state index in [1.165, 1.54) is 57.8 Å². The van der Waals surface area contributed by atoms with E-state index >= 15 is 0 Å². The monoisotopic (exact) mass is 402 g/mol. The van der Waals surface area contributed by atoms with Gasteiger partial charge in [0.1, 0.15) is 0 Å². The maximum atomic E-state index is 10.5. The summed E-state index contributed by atoms with van der Waals surface area (Å²) in [5.74, 6) is 2.45. The molecule has 5 fully saturated rings. The third-order valence-electron chi connectivity index (χ3n) is 12.8. The largest absolute Gasteiger partial charge is 0.396 e. The van der Waals surface area contributed by atoms with Crippen LogP contribution in [0.1, 0.15) is 85.5 Å². The first kappa shape index (κ1) is 20.8. The molecule has 29 heavy (non-hydrogen) atoms. The van der Waals surface area contributed by atoms with Crippen LogP contribution in [0.25, 0.3) is 0 Å². The molecule has 5 saturated carbocycles. The molecule has 166 valence electrons. The number of nitrogens with one attached hydrogen (secondary N) is 2. The van der Waals surface area contributed by atoms with Gasteiger partial charge < -0.3 is 15.7 Å². The van der Waals surface area contributed by atoms with E-state index in [2.05, 4.69) is 52.4 Å². The summed E-state index contributed by atoms with van der Waals surface area (Å²) in [6.07, 6.45) is 12.6. The summed E-state index contributed by atoms with van der Waals surface area (Å²) >= 11 is 0. The zero-order valence-corrected chi connectivity index (χ0v) is 19.9. The van der Waals surface area contributed by atoms with Crippen LogP contribution < -0.4 is 10.6 Å². The molecular weight excluding hydrogens is 356 g/mol. The van der Waals surface area contributed by atoms with Crippen LogP contribution in [0, 0.1) is 44.8 Å². The Bertz CT molecular complexity index is 682. The van der Waals surface area contributed by atoms with Gasteiger partial charge in [-0.05, 0) is 118 Å². The Balaban J connectivity index is 1.50. The summed E-state index contributed by atoms with van der Waals surface area (Å²) in [7, 11) is 4.27. The molecule has 0 unspecified atom stereocenters. The van der Waals surface area contributed by atoms with Crippen molar-refractivity contribution in [2.24, 2.45) is 44.8 Å². The van der Waals surface area contributed by atoms with Crippen LogP contribution in [0.15, 0.2) is 0 Å². The molecule has 10 atom stereocenters. The number of hydrogen-bond donors (Lipinski definition) is 3. The lowest BCUT2D eigenvalue weighted by Crippen LogP contribution is -2.61. The third kappa shape index (κ3) is 2.16. The molecular formula is C26H46N2O. The predicted molar refractivity (Wildman–Crippen MR) is 120 cm³/mol. The summed E-state index contributed by atoms with van der Waals surface area (Å²) in [4.78, 5) is 0. The van der Waals surface area contributed by atoms with Crippen LogP contribution in [0.2, 0.25) is 0 Å². The molecule has 0 bridgehead atoms. The Labute approximate surface area is 179 Å². The molecule has 0 radical (unpaired) electrons. The molecule has 5 aliphatic carbocycles. The highest BCUT2D eigenvalue weighted by molar-refractivity contribution is 5.31. The van der Waals surface area contributed by atoms with Crippen molar-refractivity contribution in [1.82, 2.24) is 10.6 Å². The molecule has 0 aliphatic heterocycles. The fraction of sp³-hybridized carbons (Fsp3) is 1.00. The normalized spacial score (nSPS) is 59.3. The molecule has 2 spiro atoms. The van der Waals surface area contributed by atoms with Crippen molar-refractivity contribution in [2.45, 2.75) is 97.6 Å². The molecule has 0 aromatic heterocycles. The standard InChI is InChI=1S/C26H46N2O/c1-17(27-5)18-9-11-24(4)20-8-7-19-22(2,16-29)21(28-6)10-12-25(19)15-26(20,25)14-13-23(18,24)3/h17-21,27-29H,7-16H2,1-6H3/t17-,18+,19-,20-,21-,22+,23+,24-,25-,26+/m0/s1. The number of fused-ring (bicyclic) bond motifs is 2. The van der Waals surface area contributed by atoms with E-state index in [1.54, 1.807) is 0 Å². The van der Waals surface area contributed by atoms with E-state index < -0.39 is 0 Å². The van der Waals surface area contributed by atoms with Crippen LogP contribution >= 0.6 is 0 Å². The molecule has 0 aromatic carbocycles. The minimum atomic E-state index is 0.0575. The second kappa shape index (κ2) is 6.23. The van der Waals surface area contributed by atoms with Gasteiger partial charge in [-0.3, -0.25) is 0 Å². The van der Waals surface area contributed by atoms with Crippen molar-refractivity contribution in [3.63, 3.8) is 0 Å². The third-order valence-corrected chi connectivity index (χ3v) is 12.8. The van der Waals surface area contributed by atoms with Gasteiger partial charge >= 0.3 is 0 Å². The maximum Gasteiger partial charge on any atom is 0.0502 e. The average molecular weight is 403 g/mol. The van der Waals surface area contributed by atoms with Crippen molar-refractivity contribution in [1.29, 1.82) is 0 Å². The van der Waals surface area contributed by atoms with E-state index in [1.807, 2.05) is 0 Å². The Hall–Kier alpha value is -0.120. The van der Waals surface area contributed by atoms with Crippen molar-refractivity contribution in [3.8, 4) is 0 Å². The molecule has 0 heterocycles. The molecule has 5 aliphatic rings. The van der Waals surface area contributed by atoms with Crippen LogP contribution in [0.5, 0.6) is 0 Å². The highest BCUT2D eigenvalue weighted by atomic mass is 16.3. The van der Waals surface area contributed by atoms with Gasteiger partial charge in [-0.25, -0.2) is 0 Å². The fourth-order valence-electron chi connectivity index (χ4n) is 10.9. The number of aliphatic hydroxyl groups is 1. The second-order valence-electron chi connectivity index (χ2n) is 12.8. The van der Waals surface area contributed by atoms with Crippen LogP contribution in [0.3, 0.4) is 0 Å². The van der Waals surface area contributed by atoms with Crippen molar-refractivity contribution in [3.05, 3.63) is 0 Å². The minimum absolute atomic E-state index is 0.0575. The second-order valence-corrected chi connectivity index (χ2v) is 12.8. The van der Waals surface area contributed by atoms with Crippen LogP contribution in [-0.2, 0) is 0 Å². The topological polar surface area (TPSA) is 44.3 Å². The molecule has 3 nitrogen and oxygen atoms in total. The van der Waals surface area contributed by atoms with E-state index in [0.717, 1.165) is 11.8 Å². The van der Waals surface area contributed by atoms with Crippen molar-refractivity contribution < 1.29 is 5.11 Å². The van der Waals surface area contributed by atoms with E-state index in [4.69, 9.17) is 0 Å². The van der Waals surface area contributed by atoms with Gasteiger partial charge in [0.25, 0.3) is 0 Å². The molecule has 0 saturated heterocycles. The van der Waals surface area contributed by atoms with Gasteiger partial charge in [0, 0.05) is 17.5 Å². The number of aliphatic hydroxyl groups excluding tert-OH is 1. The first-order chi connectivity index (χ1) is 13.7. The first-order valence-electron chi connectivity index (χ1n) is 12.6. The zero-order valence-electron chi connectivity index (χ0n) is 19.9. The molecule has 0 aromatic rings. The quantitative estimate of drug-likeness (QED) is 0.644. The highest BCUT2D eigenvalue weighted by Crippen LogP contribution is 2.88. The number of rotatable bonds is 4. The summed E-state index contributed by atoms with van der Waals surface area (Å²) in [6.45, 7) is 10.6. The lowest BCUT2D eigenvalue weighted by molar-refractivity contribution is -0.152. The Kier molecular flexibility index (Phi) is 4.46. The molecule has 0 amide bonds. The van der Waals surface area contributed by atoms with Crippen molar-refractivity contribution in [2.75, 3.05) is 20.7 Å². The highest BCUT2D eigenvalue weighted by Gasteiger charge is 2.82. The smallest absolute Gasteiger partial charge is 0.0502 e. The van der Waals surface area contributed by atoms with E-state index in [0.29, 0.717) is 46.3 Å². The maximum absolute atomic E-state index is 10.5. The fourth-order valence-corrected chi connectivity index (χ4v) is 10.9. The summed E-state index contributed by atoms with van der Waals surface area (Å²) < 4.78 is 0. The van der Waals surface area contributed by atoms with Crippen molar-refractivity contribution >= 4 is 0 Å². The molecule has 3 heteroatoms. The van der Waals surface area contributed by atoms with Gasteiger partial charge in [0.2, 0.25) is 0 Å². The Morgan fingerprint density at radius 2 is 1.55 bits per heavy atom. The van der Waals surface area contributed by atoms with E-state index in [9.17, 15) is 5.11 Å².